The molecule has 1 fully saturated rings. The van der Waals surface area contributed by atoms with Crippen LogP contribution < -0.4 is 23.7 Å². The van der Waals surface area contributed by atoms with E-state index < -0.39 is 49.3 Å². The van der Waals surface area contributed by atoms with Gasteiger partial charge in [-0.15, -0.1) is 0 Å². The largest absolute Gasteiger partial charge is 0.493 e. The van der Waals surface area contributed by atoms with Crippen molar-refractivity contribution in [3.8, 4) is 28.7 Å². The number of carbonyl (C=O) groups is 1. The molecule has 38 heavy (non-hydrogen) atoms. The third kappa shape index (κ3) is 4.86. The average molecular weight is 537 g/mol. The van der Waals surface area contributed by atoms with Gasteiger partial charge in [-0.3, -0.25) is 4.79 Å². The standard InChI is InChI=1S/C26H32O12/c1-11(29)12-5-14-15(9-27)23(37-24(14)16(6-12)33-2)13-7-17(34-3)25(18(8-13)35-4)38-26-22(32)21(31)20(30)19(10-28)36-26/h5-8,15,19-23,26-28,30-32H,9-10H2,1-4H3/t15-,19-,20-,21+,22-,23+,26+/m1/s1. The molecule has 0 spiro atoms. The fourth-order valence-corrected chi connectivity index (χ4v) is 4.71. The number of aliphatic hydroxyl groups excluding tert-OH is 5. The van der Waals surface area contributed by atoms with Crippen molar-refractivity contribution in [2.45, 2.75) is 49.7 Å². The summed E-state index contributed by atoms with van der Waals surface area (Å²) in [5.41, 5.74) is 1.57. The number of rotatable bonds is 9. The molecule has 0 aromatic heterocycles. The van der Waals surface area contributed by atoms with E-state index in [4.69, 9.17) is 28.4 Å². The molecule has 0 unspecified atom stereocenters. The van der Waals surface area contributed by atoms with E-state index in [9.17, 15) is 30.3 Å². The van der Waals surface area contributed by atoms with Gasteiger partial charge < -0.3 is 54.0 Å². The Morgan fingerprint density at radius 3 is 2.03 bits per heavy atom. The normalized spacial score (nSPS) is 28.3. The number of hydrogen-bond donors (Lipinski definition) is 5. The summed E-state index contributed by atoms with van der Waals surface area (Å²) < 4.78 is 34.0. The summed E-state index contributed by atoms with van der Waals surface area (Å²) in [4.78, 5) is 12.1. The van der Waals surface area contributed by atoms with Crippen LogP contribution in [0.1, 0.15) is 40.4 Å². The number of methoxy groups -OCH3 is 3. The molecule has 2 aliphatic rings. The fourth-order valence-electron chi connectivity index (χ4n) is 4.71. The Balaban J connectivity index is 1.71. The second-order valence-corrected chi connectivity index (χ2v) is 9.05. The Labute approximate surface area is 218 Å². The Hall–Kier alpha value is -3.13. The van der Waals surface area contributed by atoms with E-state index in [1.54, 1.807) is 24.3 Å². The highest BCUT2D eigenvalue weighted by atomic mass is 16.7. The quantitative estimate of drug-likeness (QED) is 0.278. The molecule has 2 aromatic rings. The highest BCUT2D eigenvalue weighted by Gasteiger charge is 2.45. The number of fused-ring (bicyclic) bond motifs is 1. The molecule has 0 aliphatic carbocycles. The first kappa shape index (κ1) is 27.9. The Morgan fingerprint density at radius 2 is 1.50 bits per heavy atom. The number of carbonyl (C=O) groups excluding carboxylic acids is 1. The van der Waals surface area contributed by atoms with E-state index in [1.165, 1.54) is 28.3 Å². The minimum Gasteiger partial charge on any atom is -0.493 e. The smallest absolute Gasteiger partial charge is 0.229 e. The van der Waals surface area contributed by atoms with Crippen LogP contribution in [0.15, 0.2) is 24.3 Å². The molecule has 0 radical (unpaired) electrons. The maximum absolute atomic E-state index is 12.1. The second kappa shape index (κ2) is 11.3. The first-order chi connectivity index (χ1) is 18.2. The number of hydrogen-bond acceptors (Lipinski definition) is 12. The van der Waals surface area contributed by atoms with Gasteiger partial charge in [0, 0.05) is 16.7 Å². The van der Waals surface area contributed by atoms with Gasteiger partial charge in [0.25, 0.3) is 0 Å². The van der Waals surface area contributed by atoms with Crippen LogP contribution in [-0.2, 0) is 4.74 Å². The number of benzene rings is 2. The van der Waals surface area contributed by atoms with Crippen LogP contribution in [0.2, 0.25) is 0 Å². The van der Waals surface area contributed by atoms with Gasteiger partial charge in [-0.1, -0.05) is 0 Å². The minimum atomic E-state index is -1.64. The highest BCUT2D eigenvalue weighted by Crippen LogP contribution is 2.52. The Morgan fingerprint density at radius 1 is 0.868 bits per heavy atom. The molecule has 1 saturated heterocycles. The van der Waals surface area contributed by atoms with Gasteiger partial charge in [-0.25, -0.2) is 0 Å². The molecule has 2 aliphatic heterocycles. The molecule has 7 atom stereocenters. The SMILES string of the molecule is COc1cc([C@@H]2Oc3c(OC)cc(C(C)=O)cc3[C@H]2CO)cc(OC)c1O[C@@H]1O[C@H](CO)[C@@H](O)[C@H](O)[C@H]1O. The summed E-state index contributed by atoms with van der Waals surface area (Å²) in [6.45, 7) is 0.525. The number of ether oxygens (including phenoxy) is 6. The van der Waals surface area contributed by atoms with Gasteiger partial charge in [0.1, 0.15) is 30.5 Å². The average Bonchev–Trinajstić information content (AvgIpc) is 3.31. The summed E-state index contributed by atoms with van der Waals surface area (Å²) in [5, 5.41) is 50.3. The van der Waals surface area contributed by atoms with E-state index in [0.29, 0.717) is 28.2 Å². The first-order valence-electron chi connectivity index (χ1n) is 11.9. The summed E-state index contributed by atoms with van der Waals surface area (Å²) >= 11 is 0. The number of ketones is 1. The molecule has 0 bridgehead atoms. The topological polar surface area (TPSA) is 174 Å². The fraction of sp³-hybridized carbons (Fsp3) is 0.500. The zero-order chi connectivity index (χ0) is 27.7. The van der Waals surface area contributed by atoms with Gasteiger partial charge in [0.05, 0.1) is 40.5 Å². The van der Waals surface area contributed by atoms with Crippen molar-refractivity contribution in [1.29, 1.82) is 0 Å². The van der Waals surface area contributed by atoms with Crippen molar-refractivity contribution in [3.63, 3.8) is 0 Å². The summed E-state index contributed by atoms with van der Waals surface area (Å²) in [5.74, 6) is 0.383. The monoisotopic (exact) mass is 536 g/mol. The Bertz CT molecular complexity index is 1140. The van der Waals surface area contributed by atoms with Gasteiger partial charge >= 0.3 is 0 Å². The van der Waals surface area contributed by atoms with Crippen LogP contribution in [0, 0.1) is 0 Å². The van der Waals surface area contributed by atoms with Crippen molar-refractivity contribution >= 4 is 5.78 Å². The first-order valence-corrected chi connectivity index (χ1v) is 11.9. The van der Waals surface area contributed by atoms with Crippen LogP contribution in [0.3, 0.4) is 0 Å². The van der Waals surface area contributed by atoms with Crippen LogP contribution in [0.5, 0.6) is 28.7 Å². The van der Waals surface area contributed by atoms with E-state index in [0.717, 1.165) is 0 Å². The molecule has 12 heteroatoms. The van der Waals surface area contributed by atoms with E-state index >= 15 is 0 Å². The van der Waals surface area contributed by atoms with Crippen molar-refractivity contribution in [2.75, 3.05) is 34.5 Å². The third-order valence-electron chi connectivity index (χ3n) is 6.81. The molecule has 0 saturated carbocycles. The van der Waals surface area contributed by atoms with Crippen molar-refractivity contribution in [2.24, 2.45) is 0 Å². The molecular formula is C26H32O12. The van der Waals surface area contributed by atoms with Crippen molar-refractivity contribution in [1.82, 2.24) is 0 Å². The lowest BCUT2D eigenvalue weighted by atomic mass is 9.90. The zero-order valence-electron chi connectivity index (χ0n) is 21.4. The predicted octanol–water partition coefficient (Wildman–Crippen LogP) is 0.303. The maximum Gasteiger partial charge on any atom is 0.229 e. The predicted molar refractivity (Wildman–Crippen MR) is 130 cm³/mol. The lowest BCUT2D eigenvalue weighted by Crippen LogP contribution is -2.60. The van der Waals surface area contributed by atoms with Crippen molar-refractivity contribution in [3.05, 3.63) is 41.0 Å². The summed E-state index contributed by atoms with van der Waals surface area (Å²) in [7, 11) is 4.23. The van der Waals surface area contributed by atoms with Crippen LogP contribution in [0.25, 0.3) is 0 Å². The number of aliphatic hydroxyl groups is 5. The molecule has 4 rings (SSSR count). The molecule has 2 heterocycles. The molecule has 2 aromatic carbocycles. The van der Waals surface area contributed by atoms with E-state index in [1.807, 2.05) is 0 Å². The Kier molecular flexibility index (Phi) is 8.31. The van der Waals surface area contributed by atoms with Gasteiger partial charge in [0.15, 0.2) is 28.8 Å². The third-order valence-corrected chi connectivity index (χ3v) is 6.81. The van der Waals surface area contributed by atoms with Crippen molar-refractivity contribution < 1.29 is 58.7 Å². The van der Waals surface area contributed by atoms with Crippen LogP contribution >= 0.6 is 0 Å². The molecule has 5 N–H and O–H groups in total. The lowest BCUT2D eigenvalue weighted by Gasteiger charge is -2.39. The zero-order valence-corrected chi connectivity index (χ0v) is 21.4. The number of Topliss-reactive ketones (excluding diaryl/α,β-unsaturated/α-hetero) is 1. The highest BCUT2D eigenvalue weighted by molar-refractivity contribution is 5.95. The molecule has 12 nitrogen and oxygen atoms in total. The van der Waals surface area contributed by atoms with Gasteiger partial charge in [-0.2, -0.15) is 0 Å². The van der Waals surface area contributed by atoms with E-state index in [2.05, 4.69) is 0 Å². The van der Waals surface area contributed by atoms with Crippen LogP contribution in [-0.4, -0.2) is 96.6 Å². The molecule has 0 amide bonds. The summed E-state index contributed by atoms with van der Waals surface area (Å²) in [6.07, 6.45) is -8.16. The molecule has 208 valence electrons. The second-order valence-electron chi connectivity index (χ2n) is 9.05. The van der Waals surface area contributed by atoms with E-state index in [-0.39, 0.29) is 29.6 Å². The minimum absolute atomic E-state index is 0.0237. The lowest BCUT2D eigenvalue weighted by molar-refractivity contribution is -0.277. The van der Waals surface area contributed by atoms with Gasteiger partial charge in [0.2, 0.25) is 12.0 Å². The maximum atomic E-state index is 12.1. The molecular weight excluding hydrogens is 504 g/mol. The summed E-state index contributed by atoms with van der Waals surface area (Å²) in [6, 6.07) is 6.45. The van der Waals surface area contributed by atoms with Gasteiger partial charge in [-0.05, 0) is 31.2 Å². The van der Waals surface area contributed by atoms with Crippen LogP contribution in [0.4, 0.5) is 0 Å².